The van der Waals surface area contributed by atoms with Gasteiger partial charge in [0.2, 0.25) is 21.8 Å². The Morgan fingerprint density at radius 2 is 1.49 bits per heavy atom. The molecule has 0 radical (unpaired) electrons. The highest BCUT2D eigenvalue weighted by molar-refractivity contribution is 9.10. The van der Waals surface area contributed by atoms with Gasteiger partial charge >= 0.3 is 0 Å². The van der Waals surface area contributed by atoms with Gasteiger partial charge in [0, 0.05) is 28.5 Å². The lowest BCUT2D eigenvalue weighted by molar-refractivity contribution is -0.140. The van der Waals surface area contributed by atoms with Crippen LogP contribution in [0, 0.1) is 5.92 Å². The number of nitrogens with zero attached hydrogens (tertiary/aromatic N) is 2. The fourth-order valence-corrected chi connectivity index (χ4v) is 5.75. The van der Waals surface area contributed by atoms with Gasteiger partial charge < -0.3 is 10.2 Å². The van der Waals surface area contributed by atoms with Crippen molar-refractivity contribution in [2.75, 3.05) is 23.7 Å². The van der Waals surface area contributed by atoms with E-state index in [0.717, 1.165) is 26.2 Å². The summed E-state index contributed by atoms with van der Waals surface area (Å²) in [5.74, 6) is -0.553. The number of sulfonamides is 1. The van der Waals surface area contributed by atoms with Gasteiger partial charge in [-0.25, -0.2) is 8.42 Å². The van der Waals surface area contributed by atoms with Crippen LogP contribution < -0.4 is 9.62 Å². The van der Waals surface area contributed by atoms with E-state index in [2.05, 4.69) is 37.2 Å². The third-order valence-corrected chi connectivity index (χ3v) is 8.35. The minimum absolute atomic E-state index is 0.131. The molecule has 3 rings (SSSR count). The molecule has 7 nitrogen and oxygen atoms in total. The maximum absolute atomic E-state index is 14.0. The van der Waals surface area contributed by atoms with Gasteiger partial charge in [-0.15, -0.1) is 0 Å². The molecule has 10 heteroatoms. The molecule has 2 amide bonds. The monoisotopic (exact) mass is 677 g/mol. The highest BCUT2D eigenvalue weighted by Crippen LogP contribution is 2.28. The van der Waals surface area contributed by atoms with Crippen molar-refractivity contribution in [3.63, 3.8) is 0 Å². The number of halogens is 2. The fourth-order valence-electron chi connectivity index (χ4n) is 4.01. The predicted octanol–water partition coefficient (Wildman–Crippen LogP) is 5.39. The van der Waals surface area contributed by atoms with E-state index < -0.39 is 28.5 Å². The van der Waals surface area contributed by atoms with Crippen molar-refractivity contribution in [1.29, 1.82) is 0 Å². The number of para-hydroxylation sites is 1. The molecule has 0 aromatic heterocycles. The summed E-state index contributed by atoms with van der Waals surface area (Å²) in [5.41, 5.74) is 2.05. The summed E-state index contributed by atoms with van der Waals surface area (Å²) in [5, 5.41) is 2.98. The third-order valence-electron chi connectivity index (χ3n) is 6.02. The minimum Gasteiger partial charge on any atom is -0.354 e. The number of anilines is 1. The summed E-state index contributed by atoms with van der Waals surface area (Å²) < 4.78 is 28.2. The van der Waals surface area contributed by atoms with Crippen LogP contribution in [0.25, 0.3) is 0 Å². The third kappa shape index (κ3) is 9.19. The van der Waals surface area contributed by atoms with Crippen LogP contribution in [0.3, 0.4) is 0 Å². The summed E-state index contributed by atoms with van der Waals surface area (Å²) in [7, 11) is -3.82. The largest absolute Gasteiger partial charge is 0.354 e. The minimum atomic E-state index is -3.82. The van der Waals surface area contributed by atoms with Crippen LogP contribution in [-0.2, 0) is 32.6 Å². The average Bonchev–Trinajstić information content (AvgIpc) is 2.89. The number of benzene rings is 3. The van der Waals surface area contributed by atoms with Crippen molar-refractivity contribution in [2.24, 2.45) is 5.92 Å². The number of carbonyl (C=O) groups is 2. The van der Waals surface area contributed by atoms with Gasteiger partial charge in [-0.05, 0) is 57.2 Å². The zero-order chi connectivity index (χ0) is 28.6. The van der Waals surface area contributed by atoms with E-state index in [0.29, 0.717) is 16.7 Å². The predicted molar refractivity (Wildman–Crippen MR) is 163 cm³/mol. The molecule has 0 heterocycles. The Bertz CT molecular complexity index is 1370. The molecular formula is C29H33Br2N3O4S. The molecule has 1 atom stereocenters. The molecule has 0 aliphatic carbocycles. The molecule has 0 saturated carbocycles. The summed E-state index contributed by atoms with van der Waals surface area (Å²) in [6.07, 6.45) is 1.34. The number of hydrogen-bond donors (Lipinski definition) is 1. The van der Waals surface area contributed by atoms with Gasteiger partial charge in [-0.2, -0.15) is 0 Å². The number of rotatable bonds is 12. The Balaban J connectivity index is 2.05. The fraction of sp³-hybridized carbons (Fsp3) is 0.310. The molecule has 208 valence electrons. The summed E-state index contributed by atoms with van der Waals surface area (Å²) in [6, 6.07) is 22.9. The Hall–Kier alpha value is -2.69. The van der Waals surface area contributed by atoms with Crippen molar-refractivity contribution in [3.8, 4) is 0 Å². The lowest BCUT2D eigenvalue weighted by atomic mass is 10.0. The molecular weight excluding hydrogens is 646 g/mol. The number of amides is 2. The van der Waals surface area contributed by atoms with Gasteiger partial charge in [0.15, 0.2) is 0 Å². The normalized spacial score (nSPS) is 12.2. The zero-order valence-corrected chi connectivity index (χ0v) is 26.2. The van der Waals surface area contributed by atoms with Crippen LogP contribution >= 0.6 is 31.9 Å². The van der Waals surface area contributed by atoms with E-state index in [-0.39, 0.29) is 24.8 Å². The smallest absolute Gasteiger partial charge is 0.244 e. The summed E-state index contributed by atoms with van der Waals surface area (Å²) in [6.45, 7) is 4.13. The average molecular weight is 679 g/mol. The summed E-state index contributed by atoms with van der Waals surface area (Å²) >= 11 is 6.84. The maximum Gasteiger partial charge on any atom is 0.244 e. The first kappa shape index (κ1) is 30.8. The van der Waals surface area contributed by atoms with Gasteiger partial charge in [-0.1, -0.05) is 84.4 Å². The second kappa shape index (κ2) is 14.1. The molecule has 39 heavy (non-hydrogen) atoms. The van der Waals surface area contributed by atoms with Crippen molar-refractivity contribution in [2.45, 2.75) is 32.9 Å². The van der Waals surface area contributed by atoms with E-state index in [4.69, 9.17) is 0 Å². The van der Waals surface area contributed by atoms with Crippen LogP contribution in [0.15, 0.2) is 87.8 Å². The molecule has 0 spiro atoms. The topological polar surface area (TPSA) is 86.8 Å². The first-order valence-electron chi connectivity index (χ1n) is 12.5. The van der Waals surface area contributed by atoms with Gasteiger partial charge in [-0.3, -0.25) is 13.9 Å². The van der Waals surface area contributed by atoms with Gasteiger partial charge in [0.05, 0.1) is 11.9 Å². The zero-order valence-electron chi connectivity index (χ0n) is 22.2. The van der Waals surface area contributed by atoms with E-state index in [1.807, 2.05) is 68.4 Å². The Kier molecular flexibility index (Phi) is 11.1. The van der Waals surface area contributed by atoms with Crippen molar-refractivity contribution < 1.29 is 18.0 Å². The number of carbonyl (C=O) groups excluding carboxylic acids is 2. The molecule has 0 bridgehead atoms. The highest BCUT2D eigenvalue weighted by Gasteiger charge is 2.33. The molecule has 0 aliphatic heterocycles. The van der Waals surface area contributed by atoms with Crippen LogP contribution in [-0.4, -0.2) is 50.5 Å². The van der Waals surface area contributed by atoms with E-state index >= 15 is 0 Å². The molecule has 1 N–H and O–H groups in total. The van der Waals surface area contributed by atoms with Crippen LogP contribution in [0.2, 0.25) is 0 Å². The van der Waals surface area contributed by atoms with Gasteiger partial charge in [0.25, 0.3) is 0 Å². The Labute approximate surface area is 247 Å². The van der Waals surface area contributed by atoms with Crippen molar-refractivity contribution in [3.05, 3.63) is 98.9 Å². The summed E-state index contributed by atoms with van der Waals surface area (Å²) in [4.78, 5) is 29.1. The molecule has 3 aromatic rings. The van der Waals surface area contributed by atoms with E-state index in [1.165, 1.54) is 4.90 Å². The Morgan fingerprint density at radius 3 is 2.08 bits per heavy atom. The standard InChI is InChI=1S/C29H33Br2N3O4S/c1-21(2)18-32-29(36)27(17-22-9-5-4-6-10-22)33(19-23-13-15-24(30)16-14-23)28(35)20-34(39(3,37)38)26-12-8-7-11-25(26)31/h4-16,21,27H,17-20H2,1-3H3,(H,32,36). The number of nitrogens with one attached hydrogen (secondary N) is 1. The van der Waals surface area contributed by atoms with Gasteiger partial charge in [0.1, 0.15) is 12.6 Å². The first-order chi connectivity index (χ1) is 18.5. The highest BCUT2D eigenvalue weighted by atomic mass is 79.9. The molecule has 1 unspecified atom stereocenters. The van der Waals surface area contributed by atoms with Crippen LogP contribution in [0.1, 0.15) is 25.0 Å². The van der Waals surface area contributed by atoms with E-state index in [9.17, 15) is 18.0 Å². The van der Waals surface area contributed by atoms with Crippen LogP contribution in [0.5, 0.6) is 0 Å². The first-order valence-corrected chi connectivity index (χ1v) is 16.0. The lowest BCUT2D eigenvalue weighted by Gasteiger charge is -2.34. The quantitative estimate of drug-likeness (QED) is 0.278. The molecule has 0 aliphatic rings. The molecule has 0 saturated heterocycles. The van der Waals surface area contributed by atoms with Crippen LogP contribution in [0.4, 0.5) is 5.69 Å². The Morgan fingerprint density at radius 1 is 0.872 bits per heavy atom. The molecule has 0 fully saturated rings. The number of hydrogen-bond acceptors (Lipinski definition) is 4. The lowest BCUT2D eigenvalue weighted by Crippen LogP contribution is -2.53. The SMILES string of the molecule is CC(C)CNC(=O)C(Cc1ccccc1)N(Cc1ccc(Br)cc1)C(=O)CN(c1ccccc1Br)S(C)(=O)=O. The maximum atomic E-state index is 14.0. The molecule has 3 aromatic carbocycles. The van der Waals surface area contributed by atoms with E-state index in [1.54, 1.807) is 24.3 Å². The van der Waals surface area contributed by atoms with Crippen molar-refractivity contribution >= 4 is 59.4 Å². The second-order valence-corrected chi connectivity index (χ2v) is 13.4. The van der Waals surface area contributed by atoms with Crippen molar-refractivity contribution in [1.82, 2.24) is 10.2 Å². The second-order valence-electron chi connectivity index (χ2n) is 9.71.